The molecule has 0 saturated carbocycles. The van der Waals surface area contributed by atoms with Crippen LogP contribution in [0.15, 0.2) is 53.9 Å². The van der Waals surface area contributed by atoms with Gasteiger partial charge < -0.3 is 0 Å². The molecule has 0 N–H and O–H groups in total. The molecule has 0 aliphatic carbocycles. The molecule has 3 rings (SSSR count). The van der Waals surface area contributed by atoms with Gasteiger partial charge in [0, 0.05) is 23.0 Å². The average molecular weight is 317 g/mol. The monoisotopic (exact) mass is 316 g/mol. The van der Waals surface area contributed by atoms with Gasteiger partial charge in [-0.1, -0.05) is 36.4 Å². The highest BCUT2D eigenvalue weighted by molar-refractivity contribution is 7.99. The van der Waals surface area contributed by atoms with Gasteiger partial charge in [0.2, 0.25) is 0 Å². The first-order chi connectivity index (χ1) is 10.3. The fourth-order valence-corrected chi connectivity index (χ4v) is 2.88. The smallest absolute Gasteiger partial charge is 0.196 e. The van der Waals surface area contributed by atoms with Gasteiger partial charge >= 0.3 is 0 Å². The third kappa shape index (κ3) is 2.94. The van der Waals surface area contributed by atoms with Crippen molar-refractivity contribution in [2.75, 3.05) is 5.75 Å². The number of aromatic nitrogens is 4. The summed E-state index contributed by atoms with van der Waals surface area (Å²) in [5.41, 5.74) is 1.87. The molecule has 0 amide bonds. The Morgan fingerprint density at radius 2 is 2.10 bits per heavy atom. The minimum Gasteiger partial charge on any atom is -0.270 e. The van der Waals surface area contributed by atoms with Crippen molar-refractivity contribution < 1.29 is 0 Å². The molecule has 0 unspecified atom stereocenters. The summed E-state index contributed by atoms with van der Waals surface area (Å²) in [4.78, 5) is 4.15. The van der Waals surface area contributed by atoms with Crippen LogP contribution in [-0.2, 0) is 0 Å². The van der Waals surface area contributed by atoms with E-state index in [2.05, 4.69) is 22.1 Å². The van der Waals surface area contributed by atoms with E-state index in [4.69, 9.17) is 11.6 Å². The Kier molecular flexibility index (Phi) is 4.22. The Bertz CT molecular complexity index is 742. The zero-order valence-electron chi connectivity index (χ0n) is 11.4. The van der Waals surface area contributed by atoms with E-state index in [1.165, 1.54) is 0 Å². The van der Waals surface area contributed by atoms with E-state index in [9.17, 15) is 0 Å². The van der Waals surface area contributed by atoms with Gasteiger partial charge in [0.25, 0.3) is 0 Å². The molecular formula is C15H13ClN4S. The van der Waals surface area contributed by atoms with E-state index in [0.29, 0.717) is 5.02 Å². The molecule has 6 heteroatoms. The molecule has 0 fully saturated rings. The standard InChI is InChI=1S/C15H13ClN4S/c1-2-21-15-19-18-14(11-5-4-8-17-10-11)20(15)13-7-3-6-12(16)9-13/h3-10H,2H2,1H3. The van der Waals surface area contributed by atoms with E-state index in [0.717, 1.165) is 28.0 Å². The van der Waals surface area contributed by atoms with E-state index in [1.807, 2.05) is 41.0 Å². The Balaban J connectivity index is 2.18. The Labute approximate surface area is 132 Å². The van der Waals surface area contributed by atoms with Gasteiger partial charge in [-0.05, 0) is 36.1 Å². The van der Waals surface area contributed by atoms with Crippen LogP contribution >= 0.6 is 23.4 Å². The largest absolute Gasteiger partial charge is 0.270 e. The molecule has 3 aromatic rings. The first-order valence-corrected chi connectivity index (χ1v) is 7.90. The summed E-state index contributed by atoms with van der Waals surface area (Å²) >= 11 is 7.76. The number of hydrogen-bond acceptors (Lipinski definition) is 4. The highest BCUT2D eigenvalue weighted by Gasteiger charge is 2.15. The summed E-state index contributed by atoms with van der Waals surface area (Å²) in [6.07, 6.45) is 3.52. The number of rotatable bonds is 4. The lowest BCUT2D eigenvalue weighted by atomic mass is 10.2. The maximum absolute atomic E-state index is 6.12. The van der Waals surface area contributed by atoms with E-state index in [1.54, 1.807) is 24.2 Å². The molecule has 2 heterocycles. The van der Waals surface area contributed by atoms with Crippen LogP contribution in [0.25, 0.3) is 17.1 Å². The van der Waals surface area contributed by atoms with Crippen molar-refractivity contribution in [2.24, 2.45) is 0 Å². The maximum atomic E-state index is 6.12. The minimum absolute atomic E-state index is 0.686. The van der Waals surface area contributed by atoms with Crippen LogP contribution in [0, 0.1) is 0 Å². The van der Waals surface area contributed by atoms with Gasteiger partial charge in [0.1, 0.15) is 0 Å². The van der Waals surface area contributed by atoms with E-state index in [-0.39, 0.29) is 0 Å². The third-order valence-electron chi connectivity index (χ3n) is 2.89. The topological polar surface area (TPSA) is 43.6 Å². The molecule has 0 aliphatic rings. The summed E-state index contributed by atoms with van der Waals surface area (Å²) < 4.78 is 2.01. The molecule has 4 nitrogen and oxygen atoms in total. The zero-order valence-corrected chi connectivity index (χ0v) is 13.0. The number of nitrogens with zero attached hydrogens (tertiary/aromatic N) is 4. The minimum atomic E-state index is 0.686. The summed E-state index contributed by atoms with van der Waals surface area (Å²) in [6, 6.07) is 11.5. The lowest BCUT2D eigenvalue weighted by Gasteiger charge is -2.10. The molecule has 0 bridgehead atoms. The van der Waals surface area contributed by atoms with Gasteiger partial charge in [-0.3, -0.25) is 9.55 Å². The molecular weight excluding hydrogens is 304 g/mol. The third-order valence-corrected chi connectivity index (χ3v) is 3.94. The summed E-state index contributed by atoms with van der Waals surface area (Å²) in [5, 5.41) is 10.1. The van der Waals surface area contributed by atoms with Crippen LogP contribution in [0.5, 0.6) is 0 Å². The summed E-state index contributed by atoms with van der Waals surface area (Å²) in [6.45, 7) is 2.09. The second kappa shape index (κ2) is 6.28. The number of benzene rings is 1. The van der Waals surface area contributed by atoms with Crippen molar-refractivity contribution in [2.45, 2.75) is 12.1 Å². The van der Waals surface area contributed by atoms with Crippen molar-refractivity contribution in [1.82, 2.24) is 19.7 Å². The quantitative estimate of drug-likeness (QED) is 0.680. The van der Waals surface area contributed by atoms with Crippen LogP contribution in [0.4, 0.5) is 0 Å². The second-order valence-electron chi connectivity index (χ2n) is 4.30. The molecule has 106 valence electrons. The maximum Gasteiger partial charge on any atom is 0.196 e. The second-order valence-corrected chi connectivity index (χ2v) is 5.96. The summed E-state index contributed by atoms with van der Waals surface area (Å²) in [5.74, 6) is 1.69. The lowest BCUT2D eigenvalue weighted by Crippen LogP contribution is -1.99. The highest BCUT2D eigenvalue weighted by atomic mass is 35.5. The van der Waals surface area contributed by atoms with Gasteiger partial charge in [-0.15, -0.1) is 10.2 Å². The average Bonchev–Trinajstić information content (AvgIpc) is 2.92. The Hall–Kier alpha value is -1.85. The molecule has 1 aromatic carbocycles. The molecule has 0 aliphatic heterocycles. The van der Waals surface area contributed by atoms with Crippen LogP contribution in [0.2, 0.25) is 5.02 Å². The van der Waals surface area contributed by atoms with Crippen molar-refractivity contribution in [3.8, 4) is 17.1 Å². The van der Waals surface area contributed by atoms with Crippen molar-refractivity contribution in [3.63, 3.8) is 0 Å². The number of halogens is 1. The number of hydrogen-bond donors (Lipinski definition) is 0. The van der Waals surface area contributed by atoms with Gasteiger partial charge in [-0.25, -0.2) is 0 Å². The highest BCUT2D eigenvalue weighted by Crippen LogP contribution is 2.28. The van der Waals surface area contributed by atoms with Gasteiger partial charge in [0.05, 0.1) is 5.69 Å². The van der Waals surface area contributed by atoms with Crippen LogP contribution in [-0.4, -0.2) is 25.5 Å². The van der Waals surface area contributed by atoms with E-state index < -0.39 is 0 Å². The zero-order chi connectivity index (χ0) is 14.7. The summed E-state index contributed by atoms with van der Waals surface area (Å²) in [7, 11) is 0. The predicted molar refractivity (Wildman–Crippen MR) is 86.0 cm³/mol. The Morgan fingerprint density at radius 1 is 1.19 bits per heavy atom. The first kappa shape index (κ1) is 14.1. The predicted octanol–water partition coefficient (Wildman–Crippen LogP) is 4.09. The fraction of sp³-hybridized carbons (Fsp3) is 0.133. The van der Waals surface area contributed by atoms with Gasteiger partial charge in [-0.2, -0.15) is 0 Å². The molecule has 0 atom stereocenters. The van der Waals surface area contributed by atoms with Crippen molar-refractivity contribution in [1.29, 1.82) is 0 Å². The first-order valence-electron chi connectivity index (χ1n) is 6.54. The van der Waals surface area contributed by atoms with Crippen LogP contribution < -0.4 is 0 Å². The molecule has 21 heavy (non-hydrogen) atoms. The number of thioether (sulfide) groups is 1. The van der Waals surface area contributed by atoms with Crippen LogP contribution in [0.3, 0.4) is 0 Å². The Morgan fingerprint density at radius 3 is 2.81 bits per heavy atom. The van der Waals surface area contributed by atoms with Gasteiger partial charge in [0.15, 0.2) is 11.0 Å². The van der Waals surface area contributed by atoms with Crippen LogP contribution in [0.1, 0.15) is 6.92 Å². The van der Waals surface area contributed by atoms with Crippen molar-refractivity contribution >= 4 is 23.4 Å². The molecule has 0 spiro atoms. The van der Waals surface area contributed by atoms with E-state index >= 15 is 0 Å². The molecule has 2 aromatic heterocycles. The lowest BCUT2D eigenvalue weighted by molar-refractivity contribution is 0.886. The molecule has 0 radical (unpaired) electrons. The van der Waals surface area contributed by atoms with Crippen molar-refractivity contribution in [3.05, 3.63) is 53.8 Å². The normalized spacial score (nSPS) is 10.8. The fourth-order valence-electron chi connectivity index (χ4n) is 2.02. The number of pyridine rings is 1. The SMILES string of the molecule is CCSc1nnc(-c2cccnc2)n1-c1cccc(Cl)c1. The molecule has 0 saturated heterocycles.